The topological polar surface area (TPSA) is 53.7 Å². The average Bonchev–Trinajstić information content (AvgIpc) is 3.38. The molecule has 3 heterocycles. The minimum atomic E-state index is -0.344. The zero-order valence-electron chi connectivity index (χ0n) is 19.9. The summed E-state index contributed by atoms with van der Waals surface area (Å²) in [6, 6.07) is 26.0. The number of rotatable bonds is 4. The van der Waals surface area contributed by atoms with Gasteiger partial charge < -0.3 is 9.80 Å². The molecule has 1 saturated heterocycles. The summed E-state index contributed by atoms with van der Waals surface area (Å²) in [4.78, 5) is 21.9. The van der Waals surface area contributed by atoms with E-state index in [1.165, 1.54) is 18.2 Å². The van der Waals surface area contributed by atoms with Crippen LogP contribution in [0.1, 0.15) is 10.5 Å². The smallest absolute Gasteiger partial charge is 0.272 e. The average molecular weight is 496 g/mol. The Morgan fingerprint density at radius 2 is 1.46 bits per heavy atom. The monoisotopic (exact) mass is 495 g/mol. The summed E-state index contributed by atoms with van der Waals surface area (Å²) in [5, 5.41) is 4.74. The Kier molecular flexibility index (Phi) is 5.84. The predicted octanol–water partition coefficient (Wildman–Crippen LogP) is 5.30. The number of aromatic nitrogens is 3. The second kappa shape index (κ2) is 9.46. The van der Waals surface area contributed by atoms with E-state index in [2.05, 4.69) is 4.98 Å². The number of carbonyl (C=O) groups is 1. The number of nitrogens with zero attached hydrogens (tertiary/aromatic N) is 5. The van der Waals surface area contributed by atoms with E-state index in [1.807, 2.05) is 41.3 Å². The van der Waals surface area contributed by atoms with Gasteiger partial charge in [0.05, 0.1) is 17.1 Å². The van der Waals surface area contributed by atoms with Crippen molar-refractivity contribution in [3.05, 3.63) is 108 Å². The molecular formula is C29H23F2N5O. The molecule has 3 aromatic carbocycles. The van der Waals surface area contributed by atoms with Gasteiger partial charge in [-0.1, -0.05) is 42.5 Å². The third-order valence-electron chi connectivity index (χ3n) is 6.62. The van der Waals surface area contributed by atoms with Gasteiger partial charge in [0.15, 0.2) is 5.65 Å². The van der Waals surface area contributed by atoms with Crippen molar-refractivity contribution < 1.29 is 13.6 Å². The lowest BCUT2D eigenvalue weighted by Crippen LogP contribution is -2.49. The maximum Gasteiger partial charge on any atom is 0.272 e. The Morgan fingerprint density at radius 1 is 0.757 bits per heavy atom. The second-order valence-corrected chi connectivity index (χ2v) is 8.93. The summed E-state index contributed by atoms with van der Waals surface area (Å²) in [5.74, 6) is -0.821. The van der Waals surface area contributed by atoms with E-state index >= 15 is 0 Å². The van der Waals surface area contributed by atoms with Crippen LogP contribution in [0.15, 0.2) is 91.0 Å². The van der Waals surface area contributed by atoms with Crippen LogP contribution >= 0.6 is 0 Å². The number of halogens is 2. The molecule has 2 aromatic heterocycles. The number of hydrogen-bond donors (Lipinski definition) is 0. The molecule has 6 nitrogen and oxygen atoms in total. The van der Waals surface area contributed by atoms with Gasteiger partial charge in [-0.2, -0.15) is 5.10 Å². The van der Waals surface area contributed by atoms with Gasteiger partial charge in [-0.3, -0.25) is 4.79 Å². The fourth-order valence-electron chi connectivity index (χ4n) is 4.68. The van der Waals surface area contributed by atoms with Crippen molar-refractivity contribution in [2.45, 2.75) is 0 Å². The van der Waals surface area contributed by atoms with Crippen LogP contribution in [0.3, 0.4) is 0 Å². The quantitative estimate of drug-likeness (QED) is 0.339. The third kappa shape index (κ3) is 4.42. The van der Waals surface area contributed by atoms with E-state index in [-0.39, 0.29) is 23.2 Å². The van der Waals surface area contributed by atoms with Crippen LogP contribution in [-0.4, -0.2) is 51.6 Å². The van der Waals surface area contributed by atoms with Gasteiger partial charge in [0.1, 0.15) is 17.3 Å². The van der Waals surface area contributed by atoms with Crippen LogP contribution in [0.2, 0.25) is 0 Å². The Morgan fingerprint density at radius 3 is 2.19 bits per heavy atom. The predicted molar refractivity (Wildman–Crippen MR) is 138 cm³/mol. The lowest BCUT2D eigenvalue weighted by Gasteiger charge is -2.36. The number of para-hydroxylation sites is 1. The molecule has 37 heavy (non-hydrogen) atoms. The van der Waals surface area contributed by atoms with Crippen molar-refractivity contribution in [3.8, 4) is 22.5 Å². The summed E-state index contributed by atoms with van der Waals surface area (Å²) in [7, 11) is 0. The zero-order valence-corrected chi connectivity index (χ0v) is 19.9. The molecule has 1 amide bonds. The van der Waals surface area contributed by atoms with Gasteiger partial charge in [0.2, 0.25) is 0 Å². The molecule has 0 aliphatic carbocycles. The SMILES string of the molecule is O=C(c1cc(-c2ccc(F)cc2)n2nc(-c3ccccc3)cc2n1)N1CCN(c2ccccc2F)CC1. The number of fused-ring (bicyclic) bond motifs is 1. The van der Waals surface area contributed by atoms with Crippen molar-refractivity contribution >= 4 is 17.2 Å². The second-order valence-electron chi connectivity index (χ2n) is 8.93. The van der Waals surface area contributed by atoms with Crippen molar-refractivity contribution in [2.75, 3.05) is 31.1 Å². The molecule has 0 atom stereocenters. The van der Waals surface area contributed by atoms with Crippen LogP contribution in [-0.2, 0) is 0 Å². The highest BCUT2D eigenvalue weighted by Crippen LogP contribution is 2.27. The molecule has 1 aliphatic rings. The maximum absolute atomic E-state index is 14.2. The Balaban J connectivity index is 1.34. The molecule has 0 saturated carbocycles. The number of anilines is 1. The van der Waals surface area contributed by atoms with Gasteiger partial charge in [-0.05, 0) is 42.5 Å². The molecule has 0 N–H and O–H groups in total. The number of benzene rings is 3. The molecule has 184 valence electrons. The number of hydrogen-bond acceptors (Lipinski definition) is 4. The molecule has 0 bridgehead atoms. The van der Waals surface area contributed by atoms with Crippen LogP contribution < -0.4 is 4.90 Å². The number of carbonyl (C=O) groups excluding carboxylic acids is 1. The Labute approximate surface area is 212 Å². The fourth-order valence-corrected chi connectivity index (χ4v) is 4.68. The van der Waals surface area contributed by atoms with Gasteiger partial charge >= 0.3 is 0 Å². The van der Waals surface area contributed by atoms with Crippen LogP contribution in [0, 0.1) is 11.6 Å². The highest BCUT2D eigenvalue weighted by Gasteiger charge is 2.26. The molecule has 1 aliphatic heterocycles. The molecule has 0 radical (unpaired) electrons. The van der Waals surface area contributed by atoms with Crippen LogP contribution in [0.5, 0.6) is 0 Å². The van der Waals surface area contributed by atoms with Gasteiger partial charge in [0.25, 0.3) is 5.91 Å². The number of piperazine rings is 1. The van der Waals surface area contributed by atoms with Crippen molar-refractivity contribution in [1.29, 1.82) is 0 Å². The molecule has 0 unspecified atom stereocenters. The first-order valence-electron chi connectivity index (χ1n) is 12.1. The first kappa shape index (κ1) is 22.8. The molecular weight excluding hydrogens is 472 g/mol. The normalized spacial score (nSPS) is 13.8. The van der Waals surface area contributed by atoms with E-state index in [0.29, 0.717) is 43.2 Å². The van der Waals surface area contributed by atoms with Gasteiger partial charge in [-0.25, -0.2) is 18.3 Å². The molecule has 8 heteroatoms. The number of amides is 1. The van der Waals surface area contributed by atoms with E-state index in [4.69, 9.17) is 5.10 Å². The van der Waals surface area contributed by atoms with Crippen molar-refractivity contribution in [2.24, 2.45) is 0 Å². The fraction of sp³-hybridized carbons (Fsp3) is 0.138. The first-order chi connectivity index (χ1) is 18.1. The van der Waals surface area contributed by atoms with Gasteiger partial charge in [0, 0.05) is 43.4 Å². The van der Waals surface area contributed by atoms with Crippen molar-refractivity contribution in [1.82, 2.24) is 19.5 Å². The van der Waals surface area contributed by atoms with Gasteiger partial charge in [-0.15, -0.1) is 0 Å². The maximum atomic E-state index is 14.2. The molecule has 6 rings (SSSR count). The largest absolute Gasteiger partial charge is 0.366 e. The molecule has 1 fully saturated rings. The molecule has 5 aromatic rings. The Hall–Kier alpha value is -4.59. The highest BCUT2D eigenvalue weighted by molar-refractivity contribution is 5.94. The van der Waals surface area contributed by atoms with E-state index in [1.54, 1.807) is 45.8 Å². The van der Waals surface area contributed by atoms with E-state index in [0.717, 1.165) is 16.8 Å². The van der Waals surface area contributed by atoms with E-state index in [9.17, 15) is 13.6 Å². The third-order valence-corrected chi connectivity index (χ3v) is 6.62. The van der Waals surface area contributed by atoms with Crippen LogP contribution in [0.4, 0.5) is 14.5 Å². The highest BCUT2D eigenvalue weighted by atomic mass is 19.1. The summed E-state index contributed by atoms with van der Waals surface area (Å²) in [6.45, 7) is 1.93. The summed E-state index contributed by atoms with van der Waals surface area (Å²) < 4.78 is 29.6. The van der Waals surface area contributed by atoms with Crippen LogP contribution in [0.25, 0.3) is 28.2 Å². The standard InChI is InChI=1S/C29H23F2N5O/c30-22-12-10-21(11-13-22)27-18-25(32-28-19-24(33-36(27)28)20-6-2-1-3-7-20)29(37)35-16-14-34(15-17-35)26-9-5-4-8-23(26)31/h1-13,18-19H,14-17H2. The van der Waals surface area contributed by atoms with E-state index < -0.39 is 0 Å². The summed E-state index contributed by atoms with van der Waals surface area (Å²) >= 11 is 0. The van der Waals surface area contributed by atoms with Crippen molar-refractivity contribution in [3.63, 3.8) is 0 Å². The lowest BCUT2D eigenvalue weighted by molar-refractivity contribution is 0.0741. The first-order valence-corrected chi connectivity index (χ1v) is 12.1. The summed E-state index contributed by atoms with van der Waals surface area (Å²) in [6.07, 6.45) is 0. The summed E-state index contributed by atoms with van der Waals surface area (Å²) in [5.41, 5.74) is 4.35. The minimum absolute atomic E-state index is 0.207. The molecule has 0 spiro atoms. The lowest BCUT2D eigenvalue weighted by atomic mass is 10.1. The Bertz CT molecular complexity index is 1580. The zero-order chi connectivity index (χ0) is 25.4. The minimum Gasteiger partial charge on any atom is -0.366 e.